The van der Waals surface area contributed by atoms with E-state index in [-0.39, 0.29) is 11.5 Å². The van der Waals surface area contributed by atoms with E-state index in [4.69, 9.17) is 5.11 Å². The smallest absolute Gasteiger partial charge is 0.504 e. The van der Waals surface area contributed by atoms with Gasteiger partial charge in [0.25, 0.3) is 0 Å². The normalized spacial score (nSPS) is 10.3. The number of hydrogen-bond donors (Lipinski definition) is 2. The third kappa shape index (κ3) is 4.96. The highest BCUT2D eigenvalue weighted by Crippen LogP contribution is 2.31. The Hall–Kier alpha value is -1.23. The molecule has 0 aliphatic carbocycles. The lowest BCUT2D eigenvalue weighted by Gasteiger charge is -2.08. The molecule has 0 amide bonds. The minimum absolute atomic E-state index is 0.000424. The Labute approximate surface area is 115 Å². The summed E-state index contributed by atoms with van der Waals surface area (Å²) in [5, 5.41) is 19.4. The number of para-hydroxylation sites is 1. The number of phenols is 1. The van der Waals surface area contributed by atoms with Crippen molar-refractivity contribution in [1.82, 2.24) is 0 Å². The number of alkyl halides is 1. The lowest BCUT2D eigenvalue weighted by atomic mass is 10.1. The van der Waals surface area contributed by atoms with Crippen molar-refractivity contribution < 1.29 is 19.7 Å². The number of benzene rings is 1. The molecule has 100 valence electrons. The molecule has 0 heterocycles. The Morgan fingerprint density at radius 2 is 1.94 bits per heavy atom. The van der Waals surface area contributed by atoms with E-state index >= 15 is 0 Å². The van der Waals surface area contributed by atoms with Crippen LogP contribution in [0.2, 0.25) is 0 Å². The van der Waals surface area contributed by atoms with Crippen molar-refractivity contribution in [3.05, 3.63) is 23.8 Å². The SMILES string of the molecule is O=C(O)Oc1cccc(CCCCCCBr)c1O. The van der Waals surface area contributed by atoms with Crippen LogP contribution in [0.1, 0.15) is 31.2 Å². The number of unbranched alkanes of at least 4 members (excludes halogenated alkanes) is 3. The molecule has 0 aliphatic heterocycles. The number of carbonyl (C=O) groups is 1. The number of halogens is 1. The Morgan fingerprint density at radius 3 is 2.61 bits per heavy atom. The second-order valence-corrected chi connectivity index (χ2v) is 4.78. The van der Waals surface area contributed by atoms with E-state index in [1.54, 1.807) is 12.1 Å². The van der Waals surface area contributed by atoms with Crippen molar-refractivity contribution in [2.75, 3.05) is 5.33 Å². The van der Waals surface area contributed by atoms with Gasteiger partial charge in [-0.25, -0.2) is 4.79 Å². The molecule has 0 saturated carbocycles. The molecule has 1 rings (SSSR count). The van der Waals surface area contributed by atoms with E-state index in [9.17, 15) is 9.90 Å². The summed E-state index contributed by atoms with van der Waals surface area (Å²) in [6, 6.07) is 4.91. The van der Waals surface area contributed by atoms with Gasteiger partial charge in [-0.15, -0.1) is 0 Å². The average Bonchev–Trinajstić information content (AvgIpc) is 2.33. The van der Waals surface area contributed by atoms with Gasteiger partial charge in [0, 0.05) is 5.33 Å². The Balaban J connectivity index is 2.52. The fourth-order valence-corrected chi connectivity index (χ4v) is 2.11. The van der Waals surface area contributed by atoms with Crippen molar-refractivity contribution in [1.29, 1.82) is 0 Å². The predicted octanol–water partition coefficient (Wildman–Crippen LogP) is 3.95. The number of hydrogen-bond acceptors (Lipinski definition) is 3. The van der Waals surface area contributed by atoms with Crippen molar-refractivity contribution in [2.45, 2.75) is 32.1 Å². The zero-order valence-corrected chi connectivity index (χ0v) is 11.6. The molecule has 0 bridgehead atoms. The molecule has 1 aromatic rings. The number of carboxylic acid groups (broad SMARTS) is 1. The van der Waals surface area contributed by atoms with Gasteiger partial charge in [-0.05, 0) is 30.9 Å². The molecular formula is C13H17BrO4. The molecule has 5 heteroatoms. The van der Waals surface area contributed by atoms with Crippen LogP contribution in [0, 0.1) is 0 Å². The first-order valence-corrected chi connectivity index (χ1v) is 7.05. The van der Waals surface area contributed by atoms with E-state index in [0.717, 1.165) is 43.0 Å². The van der Waals surface area contributed by atoms with Crippen LogP contribution in [0.5, 0.6) is 11.5 Å². The third-order valence-electron chi connectivity index (χ3n) is 2.61. The van der Waals surface area contributed by atoms with E-state index in [1.807, 2.05) is 0 Å². The van der Waals surface area contributed by atoms with Crippen molar-refractivity contribution >= 4 is 22.1 Å². The fourth-order valence-electron chi connectivity index (χ4n) is 1.71. The molecular weight excluding hydrogens is 300 g/mol. The molecule has 0 spiro atoms. The maximum Gasteiger partial charge on any atom is 0.511 e. The van der Waals surface area contributed by atoms with Crippen LogP contribution in [-0.2, 0) is 6.42 Å². The average molecular weight is 317 g/mol. The summed E-state index contributed by atoms with van der Waals surface area (Å²) in [7, 11) is 0. The molecule has 4 nitrogen and oxygen atoms in total. The quantitative estimate of drug-likeness (QED) is 0.346. The van der Waals surface area contributed by atoms with E-state index in [2.05, 4.69) is 20.7 Å². The minimum atomic E-state index is -1.42. The molecule has 0 atom stereocenters. The first kappa shape index (κ1) is 14.8. The predicted molar refractivity (Wildman–Crippen MR) is 72.7 cm³/mol. The first-order chi connectivity index (χ1) is 8.65. The molecule has 0 fully saturated rings. The van der Waals surface area contributed by atoms with Crippen LogP contribution in [0.25, 0.3) is 0 Å². The molecule has 0 aliphatic rings. The summed E-state index contributed by atoms with van der Waals surface area (Å²) in [4.78, 5) is 10.4. The van der Waals surface area contributed by atoms with Gasteiger partial charge in [-0.2, -0.15) is 0 Å². The van der Waals surface area contributed by atoms with E-state index in [0.29, 0.717) is 0 Å². The van der Waals surface area contributed by atoms with Gasteiger partial charge in [0.1, 0.15) is 0 Å². The summed E-state index contributed by atoms with van der Waals surface area (Å²) in [5.41, 5.74) is 0.729. The van der Waals surface area contributed by atoms with E-state index < -0.39 is 6.16 Å². The minimum Gasteiger partial charge on any atom is -0.504 e. The summed E-state index contributed by atoms with van der Waals surface area (Å²) >= 11 is 3.38. The Kier molecular flexibility index (Phi) is 6.57. The van der Waals surface area contributed by atoms with E-state index in [1.165, 1.54) is 6.07 Å². The zero-order chi connectivity index (χ0) is 13.4. The fraction of sp³-hybridized carbons (Fsp3) is 0.462. The number of aromatic hydroxyl groups is 1. The van der Waals surface area contributed by atoms with Crippen LogP contribution in [0.3, 0.4) is 0 Å². The highest BCUT2D eigenvalue weighted by Gasteiger charge is 2.10. The largest absolute Gasteiger partial charge is 0.511 e. The van der Waals surface area contributed by atoms with Gasteiger partial charge in [0.05, 0.1) is 0 Å². The van der Waals surface area contributed by atoms with Crippen LogP contribution in [0.15, 0.2) is 18.2 Å². The van der Waals surface area contributed by atoms with Crippen molar-refractivity contribution in [2.24, 2.45) is 0 Å². The second kappa shape index (κ2) is 7.97. The van der Waals surface area contributed by atoms with Crippen molar-refractivity contribution in [3.63, 3.8) is 0 Å². The standard InChI is InChI=1S/C13H17BrO4/c14-9-4-2-1-3-6-10-7-5-8-11(12(10)15)18-13(16)17/h5,7-8,15H,1-4,6,9H2,(H,16,17). The molecule has 0 unspecified atom stereocenters. The lowest BCUT2D eigenvalue weighted by Crippen LogP contribution is -2.03. The van der Waals surface area contributed by atoms with Gasteiger partial charge in [-0.3, -0.25) is 0 Å². The second-order valence-electron chi connectivity index (χ2n) is 3.99. The molecule has 0 aromatic heterocycles. The summed E-state index contributed by atoms with van der Waals surface area (Å²) in [6.07, 6.45) is 3.67. The van der Waals surface area contributed by atoms with Crippen LogP contribution >= 0.6 is 15.9 Å². The molecule has 1 aromatic carbocycles. The van der Waals surface area contributed by atoms with Gasteiger partial charge >= 0.3 is 6.16 Å². The summed E-state index contributed by atoms with van der Waals surface area (Å²) < 4.78 is 4.49. The third-order valence-corrected chi connectivity index (χ3v) is 3.17. The van der Waals surface area contributed by atoms with Gasteiger partial charge in [0.15, 0.2) is 11.5 Å². The van der Waals surface area contributed by atoms with Crippen LogP contribution in [-0.4, -0.2) is 21.7 Å². The Morgan fingerprint density at radius 1 is 1.22 bits per heavy atom. The van der Waals surface area contributed by atoms with Gasteiger partial charge in [0.2, 0.25) is 0 Å². The first-order valence-electron chi connectivity index (χ1n) is 5.92. The lowest BCUT2D eigenvalue weighted by molar-refractivity contribution is 0.143. The summed E-state index contributed by atoms with van der Waals surface area (Å²) in [6.45, 7) is 0. The van der Waals surface area contributed by atoms with Gasteiger partial charge < -0.3 is 14.9 Å². The van der Waals surface area contributed by atoms with Crippen LogP contribution < -0.4 is 4.74 Å². The topological polar surface area (TPSA) is 66.8 Å². The molecule has 0 radical (unpaired) electrons. The number of phenolic OH excluding ortho intramolecular Hbond substituents is 1. The number of ether oxygens (including phenoxy) is 1. The molecule has 18 heavy (non-hydrogen) atoms. The maximum absolute atomic E-state index is 10.4. The highest BCUT2D eigenvalue weighted by molar-refractivity contribution is 9.09. The monoisotopic (exact) mass is 316 g/mol. The van der Waals surface area contributed by atoms with Gasteiger partial charge in [-0.1, -0.05) is 40.9 Å². The molecule has 2 N–H and O–H groups in total. The zero-order valence-electron chi connectivity index (χ0n) is 10.1. The molecule has 0 saturated heterocycles. The van der Waals surface area contributed by atoms with Crippen LogP contribution in [0.4, 0.5) is 4.79 Å². The number of rotatable bonds is 7. The van der Waals surface area contributed by atoms with Crippen molar-refractivity contribution in [3.8, 4) is 11.5 Å². The Bertz CT molecular complexity index is 393. The highest BCUT2D eigenvalue weighted by atomic mass is 79.9. The number of aryl methyl sites for hydroxylation is 1. The maximum atomic E-state index is 10.4. The summed E-state index contributed by atoms with van der Waals surface area (Å²) in [5.74, 6) is -0.0687.